The molecule has 2 saturated heterocycles. The first kappa shape index (κ1) is 14.2. The first-order valence-electron chi connectivity index (χ1n) is 7.66. The van der Waals surface area contributed by atoms with Crippen LogP contribution in [0.25, 0.3) is 0 Å². The Bertz CT molecular complexity index is 358. The molecule has 0 radical (unpaired) electrons. The lowest BCUT2D eigenvalue weighted by molar-refractivity contribution is 0.211. The molecule has 3 nitrogen and oxygen atoms in total. The number of benzene rings is 1. The van der Waals surface area contributed by atoms with Crippen molar-refractivity contribution in [2.45, 2.75) is 25.5 Å². The first-order chi connectivity index (χ1) is 9.90. The van der Waals surface area contributed by atoms with E-state index in [9.17, 15) is 0 Å². The van der Waals surface area contributed by atoms with Crippen molar-refractivity contribution in [2.24, 2.45) is 0 Å². The smallest absolute Gasteiger partial charge is 0.119 e. The van der Waals surface area contributed by atoms with E-state index in [4.69, 9.17) is 4.74 Å². The Morgan fingerprint density at radius 2 is 2.00 bits per heavy atom. The van der Waals surface area contributed by atoms with Crippen LogP contribution >= 0.6 is 11.8 Å². The molecule has 110 valence electrons. The first-order valence-corrected chi connectivity index (χ1v) is 8.82. The van der Waals surface area contributed by atoms with Crippen LogP contribution in [0.2, 0.25) is 0 Å². The molecule has 1 aromatic rings. The number of hydrogen-bond acceptors (Lipinski definition) is 4. The fourth-order valence-corrected chi connectivity index (χ4v) is 3.83. The third kappa shape index (κ3) is 4.14. The van der Waals surface area contributed by atoms with Crippen molar-refractivity contribution in [3.63, 3.8) is 0 Å². The minimum absolute atomic E-state index is 0.410. The predicted octanol–water partition coefficient (Wildman–Crippen LogP) is 2.37. The summed E-state index contributed by atoms with van der Waals surface area (Å²) in [6.45, 7) is 5.58. The van der Waals surface area contributed by atoms with Gasteiger partial charge in [0.05, 0.1) is 0 Å². The number of hydrogen-bond donors (Lipinski definition) is 1. The molecular formula is C16H24N2OS. The van der Waals surface area contributed by atoms with Gasteiger partial charge in [0.1, 0.15) is 11.9 Å². The summed E-state index contributed by atoms with van der Waals surface area (Å²) in [6.07, 6.45) is 2.90. The standard InChI is InChI=1S/C16H24N2OS/c1-2-16(13-20-11-1)19-15-5-3-14(4-6-15)12-18-9-7-17-8-10-18/h3-6,16-17H,1-2,7-13H2. The number of ether oxygens (including phenoxy) is 1. The van der Waals surface area contributed by atoms with Crippen LogP contribution in [-0.2, 0) is 6.54 Å². The van der Waals surface area contributed by atoms with E-state index < -0.39 is 0 Å². The second-order valence-corrected chi connectivity index (χ2v) is 6.78. The monoisotopic (exact) mass is 292 g/mol. The zero-order valence-electron chi connectivity index (χ0n) is 12.0. The second kappa shape index (κ2) is 7.34. The fraction of sp³-hybridized carbons (Fsp3) is 0.625. The van der Waals surface area contributed by atoms with Gasteiger partial charge in [-0.1, -0.05) is 12.1 Å². The van der Waals surface area contributed by atoms with Crippen molar-refractivity contribution in [2.75, 3.05) is 37.7 Å². The molecule has 2 fully saturated rings. The number of rotatable bonds is 4. The Labute approximate surface area is 126 Å². The van der Waals surface area contributed by atoms with Gasteiger partial charge in [-0.25, -0.2) is 0 Å². The van der Waals surface area contributed by atoms with E-state index >= 15 is 0 Å². The highest BCUT2D eigenvalue weighted by Gasteiger charge is 2.15. The molecule has 3 rings (SSSR count). The van der Waals surface area contributed by atoms with Gasteiger partial charge in [-0.05, 0) is 36.3 Å². The second-order valence-electron chi connectivity index (χ2n) is 5.63. The van der Waals surface area contributed by atoms with Crippen LogP contribution in [0.3, 0.4) is 0 Å². The van der Waals surface area contributed by atoms with Crippen molar-refractivity contribution < 1.29 is 4.74 Å². The van der Waals surface area contributed by atoms with Gasteiger partial charge in [-0.3, -0.25) is 4.90 Å². The number of piperazine rings is 1. The Morgan fingerprint density at radius 1 is 1.20 bits per heavy atom. The summed E-state index contributed by atoms with van der Waals surface area (Å²) in [6, 6.07) is 8.70. The van der Waals surface area contributed by atoms with Crippen LogP contribution in [-0.4, -0.2) is 48.7 Å². The lowest BCUT2D eigenvalue weighted by Crippen LogP contribution is -2.42. The Balaban J connectivity index is 1.51. The van der Waals surface area contributed by atoms with Crippen LogP contribution in [0, 0.1) is 0 Å². The van der Waals surface area contributed by atoms with E-state index in [1.165, 1.54) is 24.2 Å². The third-order valence-electron chi connectivity index (χ3n) is 3.96. The molecule has 0 aliphatic carbocycles. The molecule has 0 aromatic heterocycles. The van der Waals surface area contributed by atoms with Crippen LogP contribution in [0.15, 0.2) is 24.3 Å². The van der Waals surface area contributed by atoms with Gasteiger partial charge in [0.25, 0.3) is 0 Å². The zero-order chi connectivity index (χ0) is 13.6. The van der Waals surface area contributed by atoms with Crippen molar-refractivity contribution in [1.82, 2.24) is 10.2 Å². The minimum Gasteiger partial charge on any atom is -0.490 e. The maximum absolute atomic E-state index is 6.06. The molecule has 2 aliphatic rings. The molecule has 2 aliphatic heterocycles. The number of nitrogens with zero attached hydrogens (tertiary/aromatic N) is 1. The average Bonchev–Trinajstić information content (AvgIpc) is 2.51. The van der Waals surface area contributed by atoms with Crippen LogP contribution in [0.4, 0.5) is 0 Å². The molecule has 0 saturated carbocycles. The van der Waals surface area contributed by atoms with E-state index in [1.54, 1.807) is 0 Å². The zero-order valence-corrected chi connectivity index (χ0v) is 12.8. The molecule has 0 bridgehead atoms. The van der Waals surface area contributed by atoms with E-state index in [-0.39, 0.29) is 0 Å². The summed E-state index contributed by atoms with van der Waals surface area (Å²) in [5, 5.41) is 3.39. The molecule has 4 heteroatoms. The highest BCUT2D eigenvalue weighted by molar-refractivity contribution is 7.99. The molecule has 0 spiro atoms. The van der Waals surface area contributed by atoms with E-state index in [1.807, 2.05) is 11.8 Å². The molecule has 1 atom stereocenters. The Morgan fingerprint density at radius 3 is 2.70 bits per heavy atom. The van der Waals surface area contributed by atoms with Crippen LogP contribution in [0.5, 0.6) is 5.75 Å². The van der Waals surface area contributed by atoms with Gasteiger partial charge in [0.15, 0.2) is 0 Å². The molecule has 1 aromatic carbocycles. The summed E-state index contributed by atoms with van der Waals surface area (Å²) in [7, 11) is 0. The summed E-state index contributed by atoms with van der Waals surface area (Å²) in [5.41, 5.74) is 1.39. The molecule has 2 heterocycles. The lowest BCUT2D eigenvalue weighted by Gasteiger charge is -2.27. The Kier molecular flexibility index (Phi) is 5.23. The summed E-state index contributed by atoms with van der Waals surface area (Å²) in [5.74, 6) is 3.47. The van der Waals surface area contributed by atoms with E-state index in [2.05, 4.69) is 34.5 Å². The molecule has 20 heavy (non-hydrogen) atoms. The lowest BCUT2D eigenvalue weighted by atomic mass is 10.2. The van der Waals surface area contributed by atoms with Crippen molar-refractivity contribution in [3.8, 4) is 5.75 Å². The maximum atomic E-state index is 6.06. The fourth-order valence-electron chi connectivity index (χ4n) is 2.80. The van der Waals surface area contributed by atoms with Gasteiger partial charge in [-0.15, -0.1) is 0 Å². The average molecular weight is 292 g/mol. The SMILES string of the molecule is c1cc(OC2CCCSC2)ccc1CN1CCNCC1. The normalized spacial score (nSPS) is 24.5. The summed E-state index contributed by atoms with van der Waals surface area (Å²) in [4.78, 5) is 2.50. The van der Waals surface area contributed by atoms with Gasteiger partial charge in [0, 0.05) is 38.5 Å². The van der Waals surface area contributed by atoms with Crippen molar-refractivity contribution >= 4 is 11.8 Å². The maximum Gasteiger partial charge on any atom is 0.119 e. The number of thioether (sulfide) groups is 1. The topological polar surface area (TPSA) is 24.5 Å². The van der Waals surface area contributed by atoms with Crippen LogP contribution < -0.4 is 10.1 Å². The minimum atomic E-state index is 0.410. The van der Waals surface area contributed by atoms with Gasteiger partial charge in [-0.2, -0.15) is 11.8 Å². The highest BCUT2D eigenvalue weighted by Crippen LogP contribution is 2.23. The molecule has 1 N–H and O–H groups in total. The summed E-state index contributed by atoms with van der Waals surface area (Å²) >= 11 is 2.01. The van der Waals surface area contributed by atoms with Crippen molar-refractivity contribution in [3.05, 3.63) is 29.8 Å². The molecular weight excluding hydrogens is 268 g/mol. The highest BCUT2D eigenvalue weighted by atomic mass is 32.2. The largest absolute Gasteiger partial charge is 0.490 e. The molecule has 0 amide bonds. The van der Waals surface area contributed by atoms with Gasteiger partial charge < -0.3 is 10.1 Å². The number of nitrogens with one attached hydrogen (secondary N) is 1. The molecule has 1 unspecified atom stereocenters. The van der Waals surface area contributed by atoms with E-state index in [0.29, 0.717) is 6.10 Å². The predicted molar refractivity (Wildman–Crippen MR) is 85.6 cm³/mol. The Hall–Kier alpha value is -0.710. The third-order valence-corrected chi connectivity index (χ3v) is 5.15. The quantitative estimate of drug-likeness (QED) is 0.921. The van der Waals surface area contributed by atoms with Crippen LogP contribution in [0.1, 0.15) is 18.4 Å². The van der Waals surface area contributed by atoms with Crippen molar-refractivity contribution in [1.29, 1.82) is 0 Å². The van der Waals surface area contributed by atoms with Gasteiger partial charge >= 0.3 is 0 Å². The van der Waals surface area contributed by atoms with E-state index in [0.717, 1.165) is 44.2 Å². The summed E-state index contributed by atoms with van der Waals surface area (Å²) < 4.78 is 6.06. The van der Waals surface area contributed by atoms with Gasteiger partial charge in [0.2, 0.25) is 0 Å².